The minimum Gasteiger partial charge on any atom is -0.390 e. The molecule has 4 nitrogen and oxygen atoms in total. The van der Waals surface area contributed by atoms with Gasteiger partial charge in [-0.25, -0.2) is 0 Å². The molecule has 3 N–H and O–H groups in total. The van der Waals surface area contributed by atoms with Crippen LogP contribution in [0.2, 0.25) is 0 Å². The molecule has 70 valence electrons. The van der Waals surface area contributed by atoms with Gasteiger partial charge in [0.2, 0.25) is 5.91 Å². The Labute approximate surface area is 77.1 Å². The lowest BCUT2D eigenvalue weighted by atomic mass is 10.3. The number of nitrogens with two attached hydrogens (primary N) is 1. The van der Waals surface area contributed by atoms with Gasteiger partial charge in [0.15, 0.2) is 0 Å². The maximum absolute atomic E-state index is 11.2. The van der Waals surface area contributed by atoms with E-state index in [0.29, 0.717) is 19.5 Å². The van der Waals surface area contributed by atoms with E-state index in [-0.39, 0.29) is 17.7 Å². The van der Waals surface area contributed by atoms with E-state index < -0.39 is 6.10 Å². The fourth-order valence-electron chi connectivity index (χ4n) is 1.26. The zero-order valence-corrected chi connectivity index (χ0v) is 7.70. The summed E-state index contributed by atoms with van der Waals surface area (Å²) in [5, 5.41) is 9.29. The Bertz CT molecular complexity index is 177. The van der Waals surface area contributed by atoms with Gasteiger partial charge in [0, 0.05) is 31.3 Å². The summed E-state index contributed by atoms with van der Waals surface area (Å²) in [7, 11) is 0. The number of likely N-dealkylation sites (tertiary alicyclic amines) is 1. The van der Waals surface area contributed by atoms with Crippen LogP contribution >= 0.6 is 12.6 Å². The van der Waals surface area contributed by atoms with E-state index in [1.54, 1.807) is 4.90 Å². The largest absolute Gasteiger partial charge is 0.390 e. The fraction of sp³-hybridized carbons (Fsp3) is 0.857. The number of thiol groups is 1. The average molecular weight is 190 g/mol. The highest BCUT2D eigenvalue weighted by Crippen LogP contribution is 2.15. The first-order valence-corrected chi connectivity index (χ1v) is 4.49. The van der Waals surface area contributed by atoms with Crippen molar-refractivity contribution in [1.29, 1.82) is 0 Å². The van der Waals surface area contributed by atoms with Crippen LogP contribution in [0.25, 0.3) is 0 Å². The van der Waals surface area contributed by atoms with Crippen molar-refractivity contribution in [3.8, 4) is 0 Å². The van der Waals surface area contributed by atoms with Gasteiger partial charge in [0.25, 0.3) is 0 Å². The number of hydrogen-bond acceptors (Lipinski definition) is 4. The van der Waals surface area contributed by atoms with Gasteiger partial charge in [0.05, 0.1) is 6.10 Å². The molecule has 0 aromatic rings. The molecule has 1 amide bonds. The molecule has 0 saturated carbocycles. The number of nitrogens with zero attached hydrogens (tertiary/aromatic N) is 1. The number of carbonyl (C=O) groups excluding carboxylic acids is 1. The molecule has 2 unspecified atom stereocenters. The van der Waals surface area contributed by atoms with Gasteiger partial charge in [-0.3, -0.25) is 4.79 Å². The van der Waals surface area contributed by atoms with Crippen molar-refractivity contribution in [2.24, 2.45) is 5.73 Å². The third kappa shape index (κ3) is 2.36. The van der Waals surface area contributed by atoms with Crippen molar-refractivity contribution in [2.75, 3.05) is 19.6 Å². The first kappa shape index (κ1) is 9.83. The van der Waals surface area contributed by atoms with Crippen molar-refractivity contribution >= 4 is 18.5 Å². The van der Waals surface area contributed by atoms with Crippen LogP contribution in [0, 0.1) is 0 Å². The molecule has 2 atom stereocenters. The van der Waals surface area contributed by atoms with Gasteiger partial charge in [0.1, 0.15) is 0 Å². The predicted molar refractivity (Wildman–Crippen MR) is 49.0 cm³/mol. The summed E-state index contributed by atoms with van der Waals surface area (Å²) in [6, 6.07) is 0. The predicted octanol–water partition coefficient (Wildman–Crippen LogP) is -1.16. The summed E-state index contributed by atoms with van der Waals surface area (Å²) in [5.74, 6) is 0.0579. The first-order chi connectivity index (χ1) is 5.63. The zero-order valence-electron chi connectivity index (χ0n) is 6.81. The number of β-amino-alcohol motifs (C(OH)–C–C–N with tert-alkyl or cyclic N) is 1. The SMILES string of the molecule is NCC(O)CN1CC(S)CC1=O. The Balaban J connectivity index is 2.37. The van der Waals surface area contributed by atoms with Gasteiger partial charge in [-0.15, -0.1) is 0 Å². The number of amides is 1. The van der Waals surface area contributed by atoms with Crippen molar-refractivity contribution in [1.82, 2.24) is 4.90 Å². The third-order valence-electron chi connectivity index (χ3n) is 1.90. The number of hydrogen-bond donors (Lipinski definition) is 3. The van der Waals surface area contributed by atoms with Crippen LogP contribution in [0.1, 0.15) is 6.42 Å². The molecule has 1 saturated heterocycles. The molecule has 0 aromatic heterocycles. The van der Waals surface area contributed by atoms with Gasteiger partial charge in [-0.05, 0) is 0 Å². The molecular weight excluding hydrogens is 176 g/mol. The van der Waals surface area contributed by atoms with Crippen molar-refractivity contribution in [2.45, 2.75) is 17.8 Å². The van der Waals surface area contributed by atoms with Crippen LogP contribution in [0.15, 0.2) is 0 Å². The molecule has 1 aliphatic rings. The van der Waals surface area contributed by atoms with Gasteiger partial charge in [-0.2, -0.15) is 12.6 Å². The number of rotatable bonds is 3. The lowest BCUT2D eigenvalue weighted by Gasteiger charge is -2.18. The summed E-state index contributed by atoms with van der Waals surface area (Å²) >= 11 is 4.19. The van der Waals surface area contributed by atoms with E-state index in [0.717, 1.165) is 0 Å². The molecule has 1 heterocycles. The van der Waals surface area contributed by atoms with E-state index >= 15 is 0 Å². The minimum atomic E-state index is -0.604. The maximum Gasteiger partial charge on any atom is 0.223 e. The lowest BCUT2D eigenvalue weighted by molar-refractivity contribution is -0.128. The van der Waals surface area contributed by atoms with Crippen molar-refractivity contribution < 1.29 is 9.90 Å². The second-order valence-electron chi connectivity index (χ2n) is 3.05. The van der Waals surface area contributed by atoms with Crippen LogP contribution in [-0.2, 0) is 4.79 Å². The third-order valence-corrected chi connectivity index (χ3v) is 2.24. The number of aliphatic hydroxyl groups excluding tert-OH is 1. The second kappa shape index (κ2) is 4.11. The molecule has 0 spiro atoms. The molecule has 0 bridgehead atoms. The van der Waals surface area contributed by atoms with Gasteiger partial charge in [-0.1, -0.05) is 0 Å². The molecule has 12 heavy (non-hydrogen) atoms. The molecule has 0 aliphatic carbocycles. The first-order valence-electron chi connectivity index (χ1n) is 3.97. The highest BCUT2D eigenvalue weighted by molar-refractivity contribution is 7.81. The molecule has 0 radical (unpaired) electrons. The monoisotopic (exact) mass is 190 g/mol. The Morgan fingerprint density at radius 1 is 1.83 bits per heavy atom. The Morgan fingerprint density at radius 2 is 2.50 bits per heavy atom. The van der Waals surface area contributed by atoms with Crippen LogP contribution in [0.3, 0.4) is 0 Å². The standard InChI is InChI=1S/C7H14N2O2S/c8-2-5(10)3-9-4-6(12)1-7(9)11/h5-6,10,12H,1-4,8H2. The van der Waals surface area contributed by atoms with Crippen molar-refractivity contribution in [3.63, 3.8) is 0 Å². The minimum absolute atomic E-state index is 0.0579. The average Bonchev–Trinajstić information content (AvgIpc) is 2.30. The molecular formula is C7H14N2O2S. The summed E-state index contributed by atoms with van der Waals surface area (Å²) in [6.07, 6.45) is -0.131. The summed E-state index contributed by atoms with van der Waals surface area (Å²) in [6.45, 7) is 1.16. The van der Waals surface area contributed by atoms with E-state index in [1.807, 2.05) is 0 Å². The fourth-order valence-corrected chi connectivity index (χ4v) is 1.61. The Kier molecular flexibility index (Phi) is 3.37. The van der Waals surface area contributed by atoms with Crippen LogP contribution in [-0.4, -0.2) is 46.9 Å². The highest BCUT2D eigenvalue weighted by atomic mass is 32.1. The van der Waals surface area contributed by atoms with E-state index in [4.69, 9.17) is 5.73 Å². The summed E-state index contributed by atoms with van der Waals surface area (Å²) < 4.78 is 0. The highest BCUT2D eigenvalue weighted by Gasteiger charge is 2.27. The van der Waals surface area contributed by atoms with Gasteiger partial charge < -0.3 is 15.7 Å². The molecule has 5 heteroatoms. The number of carbonyl (C=O) groups is 1. The second-order valence-corrected chi connectivity index (χ2v) is 3.78. The topological polar surface area (TPSA) is 66.6 Å². The van der Waals surface area contributed by atoms with Gasteiger partial charge >= 0.3 is 0 Å². The van der Waals surface area contributed by atoms with E-state index in [1.165, 1.54) is 0 Å². The van der Waals surface area contributed by atoms with Crippen LogP contribution < -0.4 is 5.73 Å². The summed E-state index contributed by atoms with van der Waals surface area (Å²) in [4.78, 5) is 12.8. The van der Waals surface area contributed by atoms with Crippen LogP contribution in [0.5, 0.6) is 0 Å². The van der Waals surface area contributed by atoms with Crippen LogP contribution in [0.4, 0.5) is 0 Å². The Morgan fingerprint density at radius 3 is 2.92 bits per heavy atom. The van der Waals surface area contributed by atoms with E-state index in [9.17, 15) is 9.90 Å². The molecule has 1 rings (SSSR count). The lowest BCUT2D eigenvalue weighted by Crippen LogP contribution is -2.37. The molecule has 0 aromatic carbocycles. The molecule has 1 aliphatic heterocycles. The zero-order chi connectivity index (χ0) is 9.14. The van der Waals surface area contributed by atoms with E-state index in [2.05, 4.69) is 12.6 Å². The quantitative estimate of drug-likeness (QED) is 0.492. The number of aliphatic hydroxyl groups is 1. The molecule has 1 fully saturated rings. The normalized spacial score (nSPS) is 26.4. The summed E-state index contributed by atoms with van der Waals surface area (Å²) in [5.41, 5.74) is 5.22. The van der Waals surface area contributed by atoms with Crippen molar-refractivity contribution in [3.05, 3.63) is 0 Å². The maximum atomic E-state index is 11.2. The smallest absolute Gasteiger partial charge is 0.223 e. The Hall–Kier alpha value is -0.260.